The Labute approximate surface area is 136 Å². The number of nitrogens with one attached hydrogen (secondary N) is 1. The lowest BCUT2D eigenvalue weighted by atomic mass is 10.1. The molecule has 0 saturated heterocycles. The Kier molecular flexibility index (Phi) is 3.96. The Bertz CT molecular complexity index is 828. The van der Waals surface area contributed by atoms with Crippen LogP contribution in [0.1, 0.15) is 12.0 Å². The average molecular weight is 361 g/mol. The number of thiophene rings is 1. The maximum atomic E-state index is 11.9. The molecular formula is C13H10Cl2N2O2S2. The van der Waals surface area contributed by atoms with E-state index in [-0.39, 0.29) is 5.75 Å². The van der Waals surface area contributed by atoms with Gasteiger partial charge in [0.15, 0.2) is 9.84 Å². The number of anilines is 1. The van der Waals surface area contributed by atoms with Crippen molar-refractivity contribution in [3.63, 3.8) is 0 Å². The fourth-order valence-corrected chi connectivity index (χ4v) is 5.30. The van der Waals surface area contributed by atoms with E-state index < -0.39 is 9.84 Å². The number of hydrogen-bond acceptors (Lipinski definition) is 5. The molecule has 0 amide bonds. The van der Waals surface area contributed by atoms with Crippen molar-refractivity contribution < 1.29 is 8.42 Å². The minimum absolute atomic E-state index is 0.0787. The molecule has 1 aromatic carbocycles. The van der Waals surface area contributed by atoms with Crippen LogP contribution in [-0.2, 0) is 9.84 Å². The molecule has 2 heterocycles. The maximum absolute atomic E-state index is 11.9. The third-order valence-corrected chi connectivity index (χ3v) is 6.90. The Morgan fingerprint density at radius 2 is 2.05 bits per heavy atom. The zero-order valence-electron chi connectivity index (χ0n) is 10.6. The van der Waals surface area contributed by atoms with Crippen LogP contribution in [-0.4, -0.2) is 19.9 Å². The van der Waals surface area contributed by atoms with Gasteiger partial charge in [0.25, 0.3) is 0 Å². The monoisotopic (exact) mass is 360 g/mol. The Morgan fingerprint density at radius 1 is 1.24 bits per heavy atom. The highest BCUT2D eigenvalue weighted by Gasteiger charge is 2.29. The standard InChI is InChI=1S/C13H10Cl2N2O2S2/c14-8-1-2-12(10(15)7-8)17-16-11-4-6-21(18,19)13-9(11)3-5-20-13/h1-3,5,7,17H,4,6H2/b16-11-. The molecule has 1 aromatic heterocycles. The molecule has 0 spiro atoms. The third kappa shape index (κ3) is 2.94. The van der Waals surface area contributed by atoms with Crippen LogP contribution in [0.5, 0.6) is 0 Å². The number of halogens is 2. The van der Waals surface area contributed by atoms with Crippen molar-refractivity contribution in [3.05, 3.63) is 45.3 Å². The van der Waals surface area contributed by atoms with Crippen LogP contribution in [0.4, 0.5) is 5.69 Å². The van der Waals surface area contributed by atoms with E-state index in [9.17, 15) is 8.42 Å². The van der Waals surface area contributed by atoms with E-state index in [0.29, 0.717) is 37.6 Å². The molecule has 0 unspecified atom stereocenters. The normalized spacial score (nSPS) is 18.5. The van der Waals surface area contributed by atoms with Crippen LogP contribution in [0.15, 0.2) is 39.0 Å². The third-order valence-electron chi connectivity index (χ3n) is 3.07. The summed E-state index contributed by atoms with van der Waals surface area (Å²) < 4.78 is 24.3. The number of hydrogen-bond donors (Lipinski definition) is 1. The van der Waals surface area contributed by atoms with Gasteiger partial charge in [-0.25, -0.2) is 8.42 Å². The Balaban J connectivity index is 1.92. The number of fused-ring (bicyclic) bond motifs is 1. The van der Waals surface area contributed by atoms with Gasteiger partial charge in [0.1, 0.15) is 4.21 Å². The summed E-state index contributed by atoms with van der Waals surface area (Å²) in [6, 6.07) is 6.83. The largest absolute Gasteiger partial charge is 0.277 e. The first-order valence-corrected chi connectivity index (χ1v) is 9.34. The summed E-state index contributed by atoms with van der Waals surface area (Å²) in [5, 5.41) is 7.07. The predicted octanol–water partition coefficient (Wildman–Crippen LogP) is 4.05. The Morgan fingerprint density at radius 3 is 2.81 bits per heavy atom. The summed E-state index contributed by atoms with van der Waals surface area (Å²) in [7, 11) is -3.16. The van der Waals surface area contributed by atoms with Gasteiger partial charge in [-0.2, -0.15) is 5.10 Å². The van der Waals surface area contributed by atoms with Crippen molar-refractivity contribution in [2.75, 3.05) is 11.2 Å². The zero-order valence-corrected chi connectivity index (χ0v) is 13.8. The summed E-state index contributed by atoms with van der Waals surface area (Å²) in [6.45, 7) is 0. The van der Waals surface area contributed by atoms with Crippen molar-refractivity contribution in [2.24, 2.45) is 5.10 Å². The summed E-state index contributed by atoms with van der Waals surface area (Å²) in [5.74, 6) is 0.0787. The molecule has 110 valence electrons. The second-order valence-corrected chi connectivity index (χ2v) is 8.55. The molecule has 0 saturated carbocycles. The molecular weight excluding hydrogens is 351 g/mol. The highest BCUT2D eigenvalue weighted by atomic mass is 35.5. The smallest absolute Gasteiger partial charge is 0.188 e. The topological polar surface area (TPSA) is 58.5 Å². The molecule has 0 atom stereocenters. The minimum Gasteiger partial charge on any atom is -0.277 e. The molecule has 4 nitrogen and oxygen atoms in total. The number of rotatable bonds is 2. The second kappa shape index (κ2) is 5.61. The van der Waals surface area contributed by atoms with Gasteiger partial charge >= 0.3 is 0 Å². The van der Waals surface area contributed by atoms with E-state index in [1.54, 1.807) is 29.6 Å². The summed E-state index contributed by atoms with van der Waals surface area (Å²) in [6.07, 6.45) is 0.379. The van der Waals surface area contributed by atoms with E-state index in [1.165, 1.54) is 11.3 Å². The number of benzene rings is 1. The molecule has 0 radical (unpaired) electrons. The fourth-order valence-electron chi connectivity index (χ4n) is 2.03. The molecule has 0 bridgehead atoms. The first-order chi connectivity index (χ1) is 9.97. The first-order valence-electron chi connectivity index (χ1n) is 6.05. The van der Waals surface area contributed by atoms with E-state index in [0.717, 1.165) is 0 Å². The maximum Gasteiger partial charge on any atom is 0.188 e. The molecule has 2 aromatic rings. The lowest BCUT2D eigenvalue weighted by molar-refractivity contribution is 0.597. The molecule has 0 aliphatic carbocycles. The minimum atomic E-state index is -3.16. The van der Waals surface area contributed by atoms with Crippen LogP contribution < -0.4 is 5.43 Å². The van der Waals surface area contributed by atoms with Crippen LogP contribution in [0.3, 0.4) is 0 Å². The van der Waals surface area contributed by atoms with Crippen molar-refractivity contribution in [1.29, 1.82) is 0 Å². The van der Waals surface area contributed by atoms with Crippen LogP contribution in [0.25, 0.3) is 0 Å². The summed E-state index contributed by atoms with van der Waals surface area (Å²) in [5.41, 5.74) is 4.88. The lowest BCUT2D eigenvalue weighted by Gasteiger charge is -2.14. The number of nitrogens with zero attached hydrogens (tertiary/aromatic N) is 1. The van der Waals surface area contributed by atoms with E-state index >= 15 is 0 Å². The average Bonchev–Trinajstić information content (AvgIpc) is 2.90. The van der Waals surface area contributed by atoms with Gasteiger partial charge in [0.2, 0.25) is 0 Å². The predicted molar refractivity (Wildman–Crippen MR) is 87.6 cm³/mol. The quantitative estimate of drug-likeness (QED) is 0.821. The van der Waals surface area contributed by atoms with Crippen LogP contribution >= 0.6 is 34.5 Å². The first kappa shape index (κ1) is 14.8. The molecule has 8 heteroatoms. The zero-order chi connectivity index (χ0) is 15.0. The van der Waals surface area contributed by atoms with Gasteiger partial charge in [-0.3, -0.25) is 5.43 Å². The van der Waals surface area contributed by atoms with Gasteiger partial charge in [-0.1, -0.05) is 23.2 Å². The van der Waals surface area contributed by atoms with Gasteiger partial charge < -0.3 is 0 Å². The van der Waals surface area contributed by atoms with Crippen molar-refractivity contribution in [1.82, 2.24) is 0 Å². The molecule has 0 fully saturated rings. The fraction of sp³-hybridized carbons (Fsp3) is 0.154. The highest BCUT2D eigenvalue weighted by molar-refractivity contribution is 7.93. The lowest BCUT2D eigenvalue weighted by Crippen LogP contribution is -2.20. The van der Waals surface area contributed by atoms with E-state index in [2.05, 4.69) is 10.5 Å². The second-order valence-electron chi connectivity index (χ2n) is 4.49. The summed E-state index contributed by atoms with van der Waals surface area (Å²) >= 11 is 13.1. The Hall–Kier alpha value is -1.08. The molecule has 1 aliphatic heterocycles. The molecule has 3 rings (SSSR count). The van der Waals surface area contributed by atoms with Gasteiger partial charge in [-0.15, -0.1) is 11.3 Å². The van der Waals surface area contributed by atoms with Crippen molar-refractivity contribution >= 4 is 55.8 Å². The molecule has 1 aliphatic rings. The number of hydrazone groups is 1. The van der Waals surface area contributed by atoms with Gasteiger partial charge in [0, 0.05) is 17.0 Å². The molecule has 21 heavy (non-hydrogen) atoms. The summed E-state index contributed by atoms with van der Waals surface area (Å²) in [4.78, 5) is 0. The van der Waals surface area contributed by atoms with E-state index in [4.69, 9.17) is 23.2 Å². The van der Waals surface area contributed by atoms with Gasteiger partial charge in [0.05, 0.1) is 22.2 Å². The SMILES string of the molecule is O=S1(=O)CC/C(=N/Nc2ccc(Cl)cc2Cl)c2ccsc21. The van der Waals surface area contributed by atoms with Crippen molar-refractivity contribution in [2.45, 2.75) is 10.6 Å². The molecule has 1 N–H and O–H groups in total. The highest BCUT2D eigenvalue weighted by Crippen LogP contribution is 2.31. The van der Waals surface area contributed by atoms with Gasteiger partial charge in [-0.05, 0) is 29.6 Å². The van der Waals surface area contributed by atoms with Crippen LogP contribution in [0.2, 0.25) is 10.0 Å². The van der Waals surface area contributed by atoms with Crippen molar-refractivity contribution in [3.8, 4) is 0 Å². The van der Waals surface area contributed by atoms with E-state index in [1.807, 2.05) is 0 Å². The number of sulfone groups is 1. The van der Waals surface area contributed by atoms with Crippen LogP contribution in [0, 0.1) is 0 Å².